The Labute approximate surface area is 150 Å². The van der Waals surface area contributed by atoms with Gasteiger partial charge in [0.1, 0.15) is 0 Å². The number of amides is 3. The Morgan fingerprint density at radius 2 is 1.96 bits per heavy atom. The zero-order valence-electron chi connectivity index (χ0n) is 14.9. The van der Waals surface area contributed by atoms with Crippen LogP contribution < -0.4 is 10.6 Å². The van der Waals surface area contributed by atoms with Crippen LogP contribution >= 0.6 is 0 Å². The van der Waals surface area contributed by atoms with Crippen molar-refractivity contribution in [3.8, 4) is 0 Å². The maximum absolute atomic E-state index is 13.1. The predicted molar refractivity (Wildman–Crippen MR) is 92.1 cm³/mol. The maximum Gasteiger partial charge on any atom is 0.243 e. The molecule has 0 saturated carbocycles. The van der Waals surface area contributed by atoms with Crippen LogP contribution in [0.1, 0.15) is 26.7 Å². The fraction of sp³-hybridized carbons (Fsp3) is 0.500. The number of halogens is 2. The molecular formula is C18H23F2N3O3. The molecule has 6 nitrogen and oxygen atoms in total. The fourth-order valence-corrected chi connectivity index (χ4v) is 2.85. The van der Waals surface area contributed by atoms with Crippen LogP contribution in [0.25, 0.3) is 0 Å². The Balaban J connectivity index is 1.82. The second-order valence-electron chi connectivity index (χ2n) is 6.67. The Morgan fingerprint density at radius 3 is 2.62 bits per heavy atom. The minimum absolute atomic E-state index is 0.0126. The molecule has 1 saturated heterocycles. The quantitative estimate of drug-likeness (QED) is 0.835. The molecule has 0 aliphatic carbocycles. The van der Waals surface area contributed by atoms with E-state index in [1.807, 2.05) is 13.8 Å². The summed E-state index contributed by atoms with van der Waals surface area (Å²) < 4.78 is 26.0. The summed E-state index contributed by atoms with van der Waals surface area (Å²) in [6, 6.07) is 3.01. The molecule has 0 spiro atoms. The van der Waals surface area contributed by atoms with E-state index in [2.05, 4.69) is 10.6 Å². The molecule has 3 amide bonds. The van der Waals surface area contributed by atoms with Gasteiger partial charge in [0.05, 0.1) is 12.5 Å². The lowest BCUT2D eigenvalue weighted by Crippen LogP contribution is -2.47. The van der Waals surface area contributed by atoms with Crippen molar-refractivity contribution >= 4 is 23.4 Å². The van der Waals surface area contributed by atoms with Gasteiger partial charge in [-0.05, 0) is 25.0 Å². The van der Waals surface area contributed by atoms with E-state index in [1.54, 1.807) is 4.90 Å². The van der Waals surface area contributed by atoms with Crippen molar-refractivity contribution in [3.63, 3.8) is 0 Å². The zero-order valence-corrected chi connectivity index (χ0v) is 14.9. The van der Waals surface area contributed by atoms with Gasteiger partial charge in [0.25, 0.3) is 0 Å². The second-order valence-corrected chi connectivity index (χ2v) is 6.67. The zero-order chi connectivity index (χ0) is 19.3. The molecule has 1 atom stereocenters. The summed E-state index contributed by atoms with van der Waals surface area (Å²) in [6.45, 7) is 4.32. The lowest BCUT2D eigenvalue weighted by atomic mass is 9.96. The van der Waals surface area contributed by atoms with Crippen LogP contribution in [0.5, 0.6) is 0 Å². The minimum atomic E-state index is -1.07. The molecular weight excluding hydrogens is 344 g/mol. The molecule has 0 aromatic heterocycles. The number of hydrogen-bond acceptors (Lipinski definition) is 3. The molecule has 0 radical (unpaired) electrons. The third-order valence-electron chi connectivity index (χ3n) is 4.22. The van der Waals surface area contributed by atoms with Gasteiger partial charge in [0, 0.05) is 30.8 Å². The largest absolute Gasteiger partial charge is 0.347 e. The molecule has 1 aliphatic rings. The van der Waals surface area contributed by atoms with Gasteiger partial charge in [0.15, 0.2) is 11.6 Å². The molecule has 0 unspecified atom stereocenters. The Hall–Kier alpha value is -2.51. The number of piperidine rings is 1. The standard InChI is InChI=1S/C18H23F2N3O3/c1-11(2)18(26)23-7-3-4-12(10-23)17(25)21-9-16(24)22-13-5-6-14(19)15(20)8-13/h5-6,8,11-12H,3-4,7,9-10H2,1-2H3,(H,21,25)(H,22,24)/t12-/m1/s1. The summed E-state index contributed by atoms with van der Waals surface area (Å²) in [5.74, 6) is -3.39. The number of anilines is 1. The van der Waals surface area contributed by atoms with Crippen LogP contribution in [0, 0.1) is 23.5 Å². The summed E-state index contributed by atoms with van der Waals surface area (Å²) in [5, 5.41) is 4.92. The van der Waals surface area contributed by atoms with E-state index < -0.39 is 17.5 Å². The summed E-state index contributed by atoms with van der Waals surface area (Å²) in [6.07, 6.45) is 1.39. The molecule has 8 heteroatoms. The first-order chi connectivity index (χ1) is 12.3. The van der Waals surface area contributed by atoms with E-state index in [0.717, 1.165) is 18.6 Å². The van der Waals surface area contributed by atoms with Crippen LogP contribution in [0.15, 0.2) is 18.2 Å². The Bertz CT molecular complexity index is 694. The molecule has 1 aromatic rings. The molecule has 1 aliphatic heterocycles. The molecule has 2 rings (SSSR count). The summed E-state index contributed by atoms with van der Waals surface area (Å²) in [5.41, 5.74) is 0.106. The van der Waals surface area contributed by atoms with Crippen molar-refractivity contribution < 1.29 is 23.2 Å². The normalized spacial score (nSPS) is 17.1. The average molecular weight is 367 g/mol. The highest BCUT2D eigenvalue weighted by Crippen LogP contribution is 2.18. The van der Waals surface area contributed by atoms with Crippen LogP contribution in [0.4, 0.5) is 14.5 Å². The lowest BCUT2D eigenvalue weighted by molar-refractivity contribution is -0.138. The number of benzene rings is 1. The van der Waals surface area contributed by atoms with E-state index >= 15 is 0 Å². The second kappa shape index (κ2) is 8.73. The first kappa shape index (κ1) is 19.8. The first-order valence-corrected chi connectivity index (χ1v) is 8.59. The molecule has 1 aromatic carbocycles. The Kier molecular flexibility index (Phi) is 6.65. The van der Waals surface area contributed by atoms with Gasteiger partial charge in [0.2, 0.25) is 17.7 Å². The van der Waals surface area contributed by atoms with Gasteiger partial charge in [-0.1, -0.05) is 13.8 Å². The number of nitrogens with zero attached hydrogens (tertiary/aromatic N) is 1. The molecule has 1 heterocycles. The predicted octanol–water partition coefficient (Wildman–Crippen LogP) is 1.91. The van der Waals surface area contributed by atoms with Crippen LogP contribution in [-0.4, -0.2) is 42.3 Å². The number of likely N-dealkylation sites (tertiary alicyclic amines) is 1. The lowest BCUT2D eigenvalue weighted by Gasteiger charge is -2.33. The molecule has 26 heavy (non-hydrogen) atoms. The average Bonchev–Trinajstić information content (AvgIpc) is 2.62. The summed E-state index contributed by atoms with van der Waals surface area (Å²) in [4.78, 5) is 37.8. The van der Waals surface area contributed by atoms with Crippen molar-refractivity contribution in [2.45, 2.75) is 26.7 Å². The number of rotatable bonds is 5. The van der Waals surface area contributed by atoms with E-state index in [4.69, 9.17) is 0 Å². The molecule has 1 fully saturated rings. The minimum Gasteiger partial charge on any atom is -0.347 e. The van der Waals surface area contributed by atoms with Gasteiger partial charge in [-0.15, -0.1) is 0 Å². The third kappa shape index (κ3) is 5.24. The van der Waals surface area contributed by atoms with Crippen molar-refractivity contribution in [3.05, 3.63) is 29.8 Å². The van der Waals surface area contributed by atoms with Crippen LogP contribution in [-0.2, 0) is 14.4 Å². The topological polar surface area (TPSA) is 78.5 Å². The Morgan fingerprint density at radius 1 is 1.23 bits per heavy atom. The van der Waals surface area contributed by atoms with E-state index in [9.17, 15) is 23.2 Å². The number of hydrogen-bond donors (Lipinski definition) is 2. The summed E-state index contributed by atoms with van der Waals surface area (Å²) in [7, 11) is 0. The number of nitrogens with one attached hydrogen (secondary N) is 2. The maximum atomic E-state index is 13.1. The van der Waals surface area contributed by atoms with Gasteiger partial charge in [-0.25, -0.2) is 8.78 Å². The van der Waals surface area contributed by atoms with Crippen LogP contribution in [0.2, 0.25) is 0 Å². The van der Waals surface area contributed by atoms with E-state index in [1.165, 1.54) is 6.07 Å². The monoisotopic (exact) mass is 367 g/mol. The van der Waals surface area contributed by atoms with E-state index in [0.29, 0.717) is 19.5 Å². The van der Waals surface area contributed by atoms with E-state index in [-0.39, 0.29) is 35.9 Å². The number of carbonyl (C=O) groups is 3. The van der Waals surface area contributed by atoms with Crippen molar-refractivity contribution in [1.82, 2.24) is 10.2 Å². The van der Waals surface area contributed by atoms with Gasteiger partial charge in [-0.2, -0.15) is 0 Å². The molecule has 142 valence electrons. The van der Waals surface area contributed by atoms with Crippen molar-refractivity contribution in [2.24, 2.45) is 11.8 Å². The van der Waals surface area contributed by atoms with Gasteiger partial charge in [-0.3, -0.25) is 14.4 Å². The third-order valence-corrected chi connectivity index (χ3v) is 4.22. The van der Waals surface area contributed by atoms with Crippen molar-refractivity contribution in [1.29, 1.82) is 0 Å². The smallest absolute Gasteiger partial charge is 0.243 e. The SMILES string of the molecule is CC(C)C(=O)N1CCC[C@@H](C(=O)NCC(=O)Nc2ccc(F)c(F)c2)C1. The van der Waals surface area contributed by atoms with Crippen LogP contribution in [0.3, 0.4) is 0 Å². The fourth-order valence-electron chi connectivity index (χ4n) is 2.85. The molecule has 0 bridgehead atoms. The highest BCUT2D eigenvalue weighted by Gasteiger charge is 2.29. The van der Waals surface area contributed by atoms with Gasteiger partial charge < -0.3 is 15.5 Å². The highest BCUT2D eigenvalue weighted by molar-refractivity contribution is 5.94. The highest BCUT2D eigenvalue weighted by atomic mass is 19.2. The first-order valence-electron chi connectivity index (χ1n) is 8.59. The summed E-state index contributed by atoms with van der Waals surface area (Å²) >= 11 is 0. The van der Waals surface area contributed by atoms with Crippen molar-refractivity contribution in [2.75, 3.05) is 25.0 Å². The molecule has 2 N–H and O–H groups in total. The number of carbonyl (C=O) groups excluding carboxylic acids is 3. The van der Waals surface area contributed by atoms with Gasteiger partial charge >= 0.3 is 0 Å².